The van der Waals surface area contributed by atoms with E-state index in [9.17, 15) is 4.79 Å². The Morgan fingerprint density at radius 2 is 2.06 bits per heavy atom. The van der Waals surface area contributed by atoms with Gasteiger partial charge in [-0.2, -0.15) is 0 Å². The van der Waals surface area contributed by atoms with E-state index >= 15 is 0 Å². The lowest BCUT2D eigenvalue weighted by Crippen LogP contribution is -2.02. The number of benzene rings is 1. The van der Waals surface area contributed by atoms with E-state index in [-0.39, 0.29) is 5.78 Å². The van der Waals surface area contributed by atoms with Crippen molar-refractivity contribution in [3.63, 3.8) is 0 Å². The normalized spacial score (nSPS) is 10.2. The molecule has 17 heavy (non-hydrogen) atoms. The van der Waals surface area contributed by atoms with Crippen LogP contribution in [0.4, 0.5) is 5.69 Å². The van der Waals surface area contributed by atoms with Gasteiger partial charge in [-0.05, 0) is 31.2 Å². The molecule has 3 nitrogen and oxygen atoms in total. The number of carbonyl (C=O) groups is 1. The Morgan fingerprint density at radius 1 is 1.29 bits per heavy atom. The number of ether oxygens (including phenoxy) is 1. The van der Waals surface area contributed by atoms with E-state index < -0.39 is 0 Å². The lowest BCUT2D eigenvalue weighted by atomic mass is 10.1. The first kappa shape index (κ1) is 11.7. The molecule has 0 amide bonds. The minimum Gasteiger partial charge on any atom is -0.496 e. The van der Waals surface area contributed by atoms with Gasteiger partial charge in [0.05, 0.1) is 17.6 Å². The van der Waals surface area contributed by atoms with E-state index in [2.05, 4.69) is 0 Å². The summed E-state index contributed by atoms with van der Waals surface area (Å²) < 4.78 is 5.18. The zero-order valence-corrected chi connectivity index (χ0v) is 10.5. The molecule has 0 bridgehead atoms. The topological polar surface area (TPSA) is 52.3 Å². The highest BCUT2D eigenvalue weighted by Crippen LogP contribution is 2.26. The van der Waals surface area contributed by atoms with Gasteiger partial charge in [-0.1, -0.05) is 0 Å². The molecule has 0 aliphatic heterocycles. The van der Waals surface area contributed by atoms with Crippen molar-refractivity contribution in [2.45, 2.75) is 6.92 Å². The molecular weight excluding hydrogens is 234 g/mol. The Labute approximate surface area is 104 Å². The summed E-state index contributed by atoms with van der Waals surface area (Å²) in [6.45, 7) is 1.97. The number of hydrogen-bond donors (Lipinski definition) is 1. The first-order valence-corrected chi connectivity index (χ1v) is 5.98. The van der Waals surface area contributed by atoms with Gasteiger partial charge in [0.2, 0.25) is 5.78 Å². The molecule has 0 aliphatic rings. The summed E-state index contributed by atoms with van der Waals surface area (Å²) in [7, 11) is 1.53. The third-order valence-electron chi connectivity index (χ3n) is 2.43. The number of rotatable bonds is 3. The van der Waals surface area contributed by atoms with Gasteiger partial charge >= 0.3 is 0 Å². The van der Waals surface area contributed by atoms with Crippen LogP contribution in [-0.2, 0) is 0 Å². The smallest absolute Gasteiger partial charge is 0.206 e. The number of methoxy groups -OCH3 is 1. The van der Waals surface area contributed by atoms with Gasteiger partial charge in [0.15, 0.2) is 0 Å². The molecule has 2 N–H and O–H groups in total. The van der Waals surface area contributed by atoms with E-state index in [1.165, 1.54) is 18.4 Å². The van der Waals surface area contributed by atoms with Crippen LogP contribution >= 0.6 is 11.3 Å². The van der Waals surface area contributed by atoms with Gasteiger partial charge in [-0.15, -0.1) is 11.3 Å². The van der Waals surface area contributed by atoms with E-state index in [0.29, 0.717) is 21.9 Å². The number of carbonyl (C=O) groups excluding carboxylic acids is 1. The molecule has 0 spiro atoms. The predicted molar refractivity (Wildman–Crippen MR) is 69.9 cm³/mol. The van der Waals surface area contributed by atoms with Crippen LogP contribution in [0.25, 0.3) is 0 Å². The summed E-state index contributed by atoms with van der Waals surface area (Å²) in [6, 6.07) is 8.83. The summed E-state index contributed by atoms with van der Waals surface area (Å²) >= 11 is 1.48. The Bertz CT molecular complexity index is 560. The summed E-state index contributed by atoms with van der Waals surface area (Å²) in [6.07, 6.45) is 0. The highest BCUT2D eigenvalue weighted by Gasteiger charge is 2.15. The van der Waals surface area contributed by atoms with Gasteiger partial charge in [0, 0.05) is 16.6 Å². The quantitative estimate of drug-likeness (QED) is 0.670. The van der Waals surface area contributed by atoms with Crippen molar-refractivity contribution in [3.05, 3.63) is 45.6 Å². The molecule has 0 saturated heterocycles. The minimum absolute atomic E-state index is 0.0278. The van der Waals surface area contributed by atoms with Crippen molar-refractivity contribution in [2.75, 3.05) is 12.8 Å². The van der Waals surface area contributed by atoms with E-state index in [0.717, 1.165) is 4.88 Å². The summed E-state index contributed by atoms with van der Waals surface area (Å²) in [5.41, 5.74) is 6.79. The van der Waals surface area contributed by atoms with E-state index in [1.807, 2.05) is 19.1 Å². The van der Waals surface area contributed by atoms with Gasteiger partial charge < -0.3 is 10.5 Å². The minimum atomic E-state index is -0.0278. The van der Waals surface area contributed by atoms with E-state index in [1.54, 1.807) is 18.2 Å². The Balaban J connectivity index is 2.43. The molecule has 0 fully saturated rings. The van der Waals surface area contributed by atoms with Crippen molar-refractivity contribution < 1.29 is 9.53 Å². The zero-order valence-electron chi connectivity index (χ0n) is 9.69. The van der Waals surface area contributed by atoms with Crippen molar-refractivity contribution in [1.82, 2.24) is 0 Å². The van der Waals surface area contributed by atoms with Crippen LogP contribution in [0.3, 0.4) is 0 Å². The first-order valence-electron chi connectivity index (χ1n) is 5.16. The van der Waals surface area contributed by atoms with Gasteiger partial charge in [-0.25, -0.2) is 0 Å². The Hall–Kier alpha value is -1.81. The second-order valence-electron chi connectivity index (χ2n) is 3.70. The molecule has 2 rings (SSSR count). The molecule has 0 atom stereocenters. The van der Waals surface area contributed by atoms with Crippen molar-refractivity contribution >= 4 is 22.8 Å². The van der Waals surface area contributed by atoms with Crippen LogP contribution < -0.4 is 10.5 Å². The second kappa shape index (κ2) is 4.59. The molecule has 1 aromatic heterocycles. The maximum atomic E-state index is 12.2. The van der Waals surface area contributed by atoms with Crippen molar-refractivity contribution in [2.24, 2.45) is 0 Å². The number of nitrogen functional groups attached to an aromatic ring is 1. The number of anilines is 1. The largest absolute Gasteiger partial charge is 0.496 e. The van der Waals surface area contributed by atoms with Crippen LogP contribution in [0.15, 0.2) is 30.3 Å². The second-order valence-corrected chi connectivity index (χ2v) is 4.99. The van der Waals surface area contributed by atoms with E-state index in [4.69, 9.17) is 10.5 Å². The summed E-state index contributed by atoms with van der Waals surface area (Å²) in [4.78, 5) is 14.1. The predicted octanol–water partition coefficient (Wildman–Crippen LogP) is 2.88. The fourth-order valence-corrected chi connectivity index (χ4v) is 2.41. The number of ketones is 1. The molecular formula is C13H13NO2S. The molecule has 4 heteroatoms. The van der Waals surface area contributed by atoms with Gasteiger partial charge in [0.1, 0.15) is 5.75 Å². The molecule has 0 aliphatic carbocycles. The maximum Gasteiger partial charge on any atom is 0.206 e. The Kier molecular flexibility index (Phi) is 3.15. The number of hydrogen-bond acceptors (Lipinski definition) is 4. The lowest BCUT2D eigenvalue weighted by Gasteiger charge is -2.07. The fraction of sp³-hybridized carbons (Fsp3) is 0.154. The van der Waals surface area contributed by atoms with Gasteiger partial charge in [-0.3, -0.25) is 4.79 Å². The monoisotopic (exact) mass is 247 g/mol. The van der Waals surface area contributed by atoms with Crippen LogP contribution in [0.2, 0.25) is 0 Å². The molecule has 0 radical (unpaired) electrons. The standard InChI is InChI=1S/C13H13NO2S/c1-8-3-6-12(17-8)13(15)10-5-4-9(14)7-11(10)16-2/h3-7H,14H2,1-2H3. The van der Waals surface area contributed by atoms with Gasteiger partial charge in [0.25, 0.3) is 0 Å². The number of thiophene rings is 1. The summed E-state index contributed by atoms with van der Waals surface area (Å²) in [5, 5.41) is 0. The molecule has 1 heterocycles. The lowest BCUT2D eigenvalue weighted by molar-refractivity contribution is 0.103. The molecule has 1 aromatic carbocycles. The first-order chi connectivity index (χ1) is 8.11. The highest BCUT2D eigenvalue weighted by atomic mass is 32.1. The average Bonchev–Trinajstić information content (AvgIpc) is 2.75. The van der Waals surface area contributed by atoms with Crippen LogP contribution in [0.5, 0.6) is 5.75 Å². The third kappa shape index (κ3) is 2.31. The average molecular weight is 247 g/mol. The maximum absolute atomic E-state index is 12.2. The molecule has 0 unspecified atom stereocenters. The number of aryl methyl sites for hydroxylation is 1. The zero-order chi connectivity index (χ0) is 12.4. The van der Waals surface area contributed by atoms with Crippen LogP contribution in [-0.4, -0.2) is 12.9 Å². The summed E-state index contributed by atoms with van der Waals surface area (Å²) in [5.74, 6) is 0.487. The molecule has 2 aromatic rings. The van der Waals surface area contributed by atoms with Crippen LogP contribution in [0, 0.1) is 6.92 Å². The van der Waals surface area contributed by atoms with Crippen molar-refractivity contribution in [1.29, 1.82) is 0 Å². The SMILES string of the molecule is COc1cc(N)ccc1C(=O)c1ccc(C)s1. The van der Waals surface area contributed by atoms with Crippen LogP contribution in [0.1, 0.15) is 20.1 Å². The highest BCUT2D eigenvalue weighted by molar-refractivity contribution is 7.14. The molecule has 0 saturated carbocycles. The molecule has 88 valence electrons. The van der Waals surface area contributed by atoms with Crippen molar-refractivity contribution in [3.8, 4) is 5.75 Å². The Morgan fingerprint density at radius 3 is 2.65 bits per heavy atom. The third-order valence-corrected chi connectivity index (χ3v) is 3.43. The number of nitrogens with two attached hydrogens (primary N) is 1. The fourth-order valence-electron chi connectivity index (χ4n) is 1.58.